The van der Waals surface area contributed by atoms with Crippen LogP contribution < -0.4 is 5.32 Å². The third-order valence-corrected chi connectivity index (χ3v) is 4.40. The van der Waals surface area contributed by atoms with E-state index in [4.69, 9.17) is 0 Å². The quantitative estimate of drug-likeness (QED) is 0.645. The van der Waals surface area contributed by atoms with E-state index in [1.165, 1.54) is 0 Å². The molecular formula is C18H16N2O2. The molecule has 0 bridgehead atoms. The summed E-state index contributed by atoms with van der Waals surface area (Å²) in [5.41, 5.74) is 2.97. The Morgan fingerprint density at radius 3 is 2.68 bits per heavy atom. The minimum absolute atomic E-state index is 0.402. The third kappa shape index (κ3) is 1.53. The van der Waals surface area contributed by atoms with Gasteiger partial charge in [0.25, 0.3) is 5.91 Å². The molecule has 0 saturated heterocycles. The number of carbonyl (C=O) groups is 1. The molecule has 0 radical (unpaired) electrons. The van der Waals surface area contributed by atoms with Crippen LogP contribution in [0.15, 0.2) is 42.5 Å². The molecule has 0 spiro atoms. The van der Waals surface area contributed by atoms with Crippen molar-refractivity contribution in [3.05, 3.63) is 64.8 Å². The Labute approximate surface area is 127 Å². The highest BCUT2D eigenvalue weighted by molar-refractivity contribution is 6.09. The van der Waals surface area contributed by atoms with Crippen molar-refractivity contribution in [2.75, 3.05) is 5.32 Å². The summed E-state index contributed by atoms with van der Waals surface area (Å²) in [6, 6.07) is 13.3. The smallest absolute Gasteiger partial charge is 0.265 e. The molecule has 1 aliphatic heterocycles. The summed E-state index contributed by atoms with van der Waals surface area (Å²) in [7, 11) is 0. The second-order valence-electron chi connectivity index (χ2n) is 5.88. The summed E-state index contributed by atoms with van der Waals surface area (Å²) in [6.45, 7) is 3.83. The zero-order valence-corrected chi connectivity index (χ0v) is 12.4. The van der Waals surface area contributed by atoms with Crippen LogP contribution in [0.25, 0.3) is 10.9 Å². The molecule has 1 aliphatic rings. The number of para-hydroxylation sites is 1. The number of carbonyl (C=O) groups excluding carboxylic acids is 1. The van der Waals surface area contributed by atoms with Crippen molar-refractivity contribution in [3.8, 4) is 0 Å². The van der Waals surface area contributed by atoms with Gasteiger partial charge in [-0.05, 0) is 26.0 Å². The average Bonchev–Trinajstić information content (AvgIpc) is 2.95. The number of aliphatic hydroxyl groups is 1. The normalized spacial score (nSPS) is 20.2. The van der Waals surface area contributed by atoms with Gasteiger partial charge in [-0.1, -0.05) is 35.9 Å². The second kappa shape index (κ2) is 4.21. The van der Waals surface area contributed by atoms with E-state index in [-0.39, 0.29) is 0 Å². The van der Waals surface area contributed by atoms with Crippen LogP contribution in [0.3, 0.4) is 0 Å². The van der Waals surface area contributed by atoms with E-state index in [2.05, 4.69) is 10.3 Å². The van der Waals surface area contributed by atoms with Crippen LogP contribution >= 0.6 is 0 Å². The first-order valence-electron chi connectivity index (χ1n) is 7.24. The van der Waals surface area contributed by atoms with Crippen LogP contribution in [0.2, 0.25) is 0 Å². The van der Waals surface area contributed by atoms with Gasteiger partial charge in [0.2, 0.25) is 0 Å². The molecule has 0 saturated carbocycles. The van der Waals surface area contributed by atoms with Gasteiger partial charge in [-0.2, -0.15) is 0 Å². The SMILES string of the molecule is Cc1ccc2c(c1)[C@@](O)(c1c(C)[nH]c3ccccc13)C(=O)N2. The highest BCUT2D eigenvalue weighted by Gasteiger charge is 2.49. The standard InChI is InChI=1S/C18H16N2O2/c1-10-7-8-15-13(9-10)18(22,17(21)20-15)16-11(2)19-14-6-4-3-5-12(14)16/h3-9,19,22H,1-2H3,(H,20,21)/t18-/m1/s1. The van der Waals surface area contributed by atoms with Gasteiger partial charge < -0.3 is 15.4 Å². The van der Waals surface area contributed by atoms with Gasteiger partial charge in [0.1, 0.15) is 0 Å². The lowest BCUT2D eigenvalue weighted by atomic mass is 9.85. The molecule has 4 heteroatoms. The summed E-state index contributed by atoms with van der Waals surface area (Å²) >= 11 is 0. The van der Waals surface area contributed by atoms with Gasteiger partial charge in [0.05, 0.1) is 0 Å². The number of aryl methyl sites for hydroxylation is 2. The van der Waals surface area contributed by atoms with Crippen molar-refractivity contribution in [2.24, 2.45) is 0 Å². The number of aromatic nitrogens is 1. The molecule has 3 N–H and O–H groups in total. The largest absolute Gasteiger partial charge is 0.372 e. The fourth-order valence-electron chi connectivity index (χ4n) is 3.39. The molecule has 0 fully saturated rings. The maximum absolute atomic E-state index is 12.6. The molecule has 4 rings (SSSR count). The molecule has 1 atom stereocenters. The van der Waals surface area contributed by atoms with Crippen molar-refractivity contribution < 1.29 is 9.90 Å². The van der Waals surface area contributed by atoms with Crippen molar-refractivity contribution in [1.82, 2.24) is 4.98 Å². The van der Waals surface area contributed by atoms with E-state index in [1.807, 2.05) is 56.3 Å². The molecule has 22 heavy (non-hydrogen) atoms. The maximum Gasteiger partial charge on any atom is 0.265 e. The lowest BCUT2D eigenvalue weighted by molar-refractivity contribution is -0.129. The topological polar surface area (TPSA) is 65.1 Å². The van der Waals surface area contributed by atoms with Crippen LogP contribution in [-0.2, 0) is 10.4 Å². The zero-order valence-electron chi connectivity index (χ0n) is 12.4. The highest BCUT2D eigenvalue weighted by atomic mass is 16.3. The van der Waals surface area contributed by atoms with Gasteiger partial charge in [0, 0.05) is 33.4 Å². The average molecular weight is 292 g/mol. The number of anilines is 1. The van der Waals surface area contributed by atoms with E-state index in [0.29, 0.717) is 16.8 Å². The minimum atomic E-state index is -1.66. The second-order valence-corrected chi connectivity index (χ2v) is 5.88. The monoisotopic (exact) mass is 292 g/mol. The lowest BCUT2D eigenvalue weighted by Gasteiger charge is -2.22. The first-order valence-corrected chi connectivity index (χ1v) is 7.24. The molecule has 3 aromatic rings. The number of aromatic amines is 1. The van der Waals surface area contributed by atoms with Crippen LogP contribution in [0.1, 0.15) is 22.4 Å². The predicted octanol–water partition coefficient (Wildman–Crippen LogP) is 2.97. The molecule has 0 aliphatic carbocycles. The van der Waals surface area contributed by atoms with Gasteiger partial charge in [0.15, 0.2) is 5.60 Å². The van der Waals surface area contributed by atoms with Crippen molar-refractivity contribution in [1.29, 1.82) is 0 Å². The molecular weight excluding hydrogens is 276 g/mol. The number of rotatable bonds is 1. The predicted molar refractivity (Wildman–Crippen MR) is 85.8 cm³/mol. The molecule has 110 valence electrons. The van der Waals surface area contributed by atoms with Gasteiger partial charge in [-0.25, -0.2) is 0 Å². The summed E-state index contributed by atoms with van der Waals surface area (Å²) in [6.07, 6.45) is 0. The molecule has 2 heterocycles. The molecule has 1 aromatic heterocycles. The van der Waals surface area contributed by atoms with E-state index in [1.54, 1.807) is 0 Å². The number of hydrogen-bond acceptors (Lipinski definition) is 2. The Hall–Kier alpha value is -2.59. The zero-order chi connectivity index (χ0) is 15.5. The number of nitrogens with one attached hydrogen (secondary N) is 2. The Balaban J connectivity index is 2.08. The van der Waals surface area contributed by atoms with E-state index in [9.17, 15) is 9.90 Å². The van der Waals surface area contributed by atoms with E-state index in [0.717, 1.165) is 22.2 Å². The molecule has 1 amide bonds. The van der Waals surface area contributed by atoms with Gasteiger partial charge in [-0.3, -0.25) is 4.79 Å². The molecule has 0 unspecified atom stereocenters. The number of benzene rings is 2. The Morgan fingerprint density at radius 2 is 1.86 bits per heavy atom. The first kappa shape index (κ1) is 13.1. The Bertz CT molecular complexity index is 926. The first-order chi connectivity index (χ1) is 10.5. The number of fused-ring (bicyclic) bond motifs is 2. The Kier molecular flexibility index (Phi) is 2.51. The third-order valence-electron chi connectivity index (χ3n) is 4.40. The van der Waals surface area contributed by atoms with Crippen LogP contribution in [0.5, 0.6) is 0 Å². The minimum Gasteiger partial charge on any atom is -0.372 e. The van der Waals surface area contributed by atoms with Crippen LogP contribution in [0.4, 0.5) is 5.69 Å². The summed E-state index contributed by atoms with van der Waals surface area (Å²) in [5.74, 6) is -0.402. The van der Waals surface area contributed by atoms with Crippen molar-refractivity contribution in [2.45, 2.75) is 19.4 Å². The van der Waals surface area contributed by atoms with Crippen LogP contribution in [-0.4, -0.2) is 16.0 Å². The highest BCUT2D eigenvalue weighted by Crippen LogP contribution is 2.44. The number of H-pyrrole nitrogens is 1. The fraction of sp³-hybridized carbons (Fsp3) is 0.167. The number of hydrogen-bond donors (Lipinski definition) is 3. The molecule has 4 nitrogen and oxygen atoms in total. The van der Waals surface area contributed by atoms with Gasteiger partial charge >= 0.3 is 0 Å². The summed E-state index contributed by atoms with van der Waals surface area (Å²) in [4.78, 5) is 15.8. The fourth-order valence-corrected chi connectivity index (χ4v) is 3.39. The summed E-state index contributed by atoms with van der Waals surface area (Å²) < 4.78 is 0. The van der Waals surface area contributed by atoms with E-state index < -0.39 is 11.5 Å². The Morgan fingerprint density at radius 1 is 1.09 bits per heavy atom. The van der Waals surface area contributed by atoms with Gasteiger partial charge in [-0.15, -0.1) is 0 Å². The van der Waals surface area contributed by atoms with Crippen LogP contribution in [0, 0.1) is 13.8 Å². The van der Waals surface area contributed by atoms with Crippen molar-refractivity contribution >= 4 is 22.5 Å². The van der Waals surface area contributed by atoms with Crippen molar-refractivity contribution in [3.63, 3.8) is 0 Å². The lowest BCUT2D eigenvalue weighted by Crippen LogP contribution is -2.35. The maximum atomic E-state index is 12.6. The molecule has 2 aromatic carbocycles. The number of amides is 1. The summed E-state index contributed by atoms with van der Waals surface area (Å²) in [5, 5.41) is 15.0. The van der Waals surface area contributed by atoms with E-state index >= 15 is 0 Å².